The quantitative estimate of drug-likeness (QED) is 0.831. The lowest BCUT2D eigenvalue weighted by molar-refractivity contribution is 0.601. The average Bonchev–Trinajstić information content (AvgIpc) is 2.17. The van der Waals surface area contributed by atoms with Crippen LogP contribution in [-0.4, -0.2) is 39.0 Å². The minimum absolute atomic E-state index is 0.120. The minimum atomic E-state index is -2.94. The van der Waals surface area contributed by atoms with Crippen LogP contribution >= 0.6 is 0 Å². The Morgan fingerprint density at radius 3 is 2.56 bits per heavy atom. The lowest BCUT2D eigenvalue weighted by atomic mass is 10.3. The third-order valence-corrected chi connectivity index (χ3v) is 3.22. The third kappa shape index (κ3) is 3.69. The van der Waals surface area contributed by atoms with E-state index in [0.717, 1.165) is 11.5 Å². The van der Waals surface area contributed by atoms with Crippen molar-refractivity contribution in [3.05, 3.63) is 17.8 Å². The van der Waals surface area contributed by atoms with Crippen LogP contribution in [0.5, 0.6) is 0 Å². The Kier molecular flexibility index (Phi) is 3.74. The molecule has 0 aromatic carbocycles. The van der Waals surface area contributed by atoms with E-state index in [1.807, 2.05) is 14.0 Å². The number of aromatic nitrogens is 1. The molecular formula is C10H17N3O2S. The molecule has 1 aromatic rings. The molecular weight excluding hydrogens is 226 g/mol. The van der Waals surface area contributed by atoms with E-state index in [-0.39, 0.29) is 5.75 Å². The van der Waals surface area contributed by atoms with Crippen LogP contribution in [-0.2, 0) is 9.84 Å². The summed E-state index contributed by atoms with van der Waals surface area (Å²) in [5.74, 6) is 0.851. The molecule has 0 saturated carbocycles. The van der Waals surface area contributed by atoms with Crippen molar-refractivity contribution in [2.24, 2.45) is 0 Å². The zero-order valence-electron chi connectivity index (χ0n) is 9.77. The molecule has 0 fully saturated rings. The molecule has 1 aromatic heterocycles. The van der Waals surface area contributed by atoms with Crippen LogP contribution in [0, 0.1) is 6.92 Å². The van der Waals surface area contributed by atoms with Gasteiger partial charge in [-0.25, -0.2) is 13.4 Å². The molecule has 0 amide bonds. The standard InChI is InChI=1S/C10H17N3O2S/c1-8-9(11)4-5-10(12-8)13(2)6-7-16(3,14)15/h4-5H,6-7,11H2,1-3H3. The van der Waals surface area contributed by atoms with Gasteiger partial charge in [-0.1, -0.05) is 0 Å². The smallest absolute Gasteiger partial charge is 0.149 e. The summed E-state index contributed by atoms with van der Waals surface area (Å²) in [4.78, 5) is 6.08. The number of nitrogens with zero attached hydrogens (tertiary/aromatic N) is 2. The van der Waals surface area contributed by atoms with Gasteiger partial charge in [-0.05, 0) is 19.1 Å². The Morgan fingerprint density at radius 2 is 2.06 bits per heavy atom. The second-order valence-electron chi connectivity index (χ2n) is 3.90. The van der Waals surface area contributed by atoms with Crippen molar-refractivity contribution >= 4 is 21.3 Å². The fourth-order valence-corrected chi connectivity index (χ4v) is 1.79. The lowest BCUT2D eigenvalue weighted by Crippen LogP contribution is -2.25. The Labute approximate surface area is 96.2 Å². The molecule has 0 radical (unpaired) electrons. The molecule has 90 valence electrons. The maximum atomic E-state index is 11.0. The molecule has 0 aliphatic rings. The van der Waals surface area contributed by atoms with E-state index >= 15 is 0 Å². The van der Waals surface area contributed by atoms with Crippen LogP contribution < -0.4 is 10.6 Å². The molecule has 6 heteroatoms. The van der Waals surface area contributed by atoms with Crippen molar-refractivity contribution in [3.8, 4) is 0 Å². The van der Waals surface area contributed by atoms with Crippen molar-refractivity contribution in [1.82, 2.24) is 4.98 Å². The van der Waals surface area contributed by atoms with Gasteiger partial charge in [0.1, 0.15) is 15.7 Å². The number of nitrogens with two attached hydrogens (primary N) is 1. The zero-order valence-corrected chi connectivity index (χ0v) is 10.6. The van der Waals surface area contributed by atoms with Gasteiger partial charge in [0.15, 0.2) is 0 Å². The van der Waals surface area contributed by atoms with E-state index in [2.05, 4.69) is 4.98 Å². The van der Waals surface area contributed by atoms with Gasteiger partial charge in [0.05, 0.1) is 17.1 Å². The summed E-state index contributed by atoms with van der Waals surface area (Å²) in [7, 11) is -1.13. The van der Waals surface area contributed by atoms with Crippen molar-refractivity contribution in [2.45, 2.75) is 6.92 Å². The normalized spacial score (nSPS) is 11.4. The summed E-state index contributed by atoms with van der Waals surface area (Å²) in [6, 6.07) is 3.55. The summed E-state index contributed by atoms with van der Waals surface area (Å²) < 4.78 is 22.0. The van der Waals surface area contributed by atoms with Crippen molar-refractivity contribution < 1.29 is 8.42 Å². The van der Waals surface area contributed by atoms with Gasteiger partial charge in [0.25, 0.3) is 0 Å². The molecule has 5 nitrogen and oxygen atoms in total. The molecule has 1 heterocycles. The third-order valence-electron chi connectivity index (χ3n) is 2.30. The Bertz CT molecular complexity index is 471. The maximum Gasteiger partial charge on any atom is 0.149 e. The van der Waals surface area contributed by atoms with E-state index in [0.29, 0.717) is 12.2 Å². The van der Waals surface area contributed by atoms with E-state index < -0.39 is 9.84 Å². The monoisotopic (exact) mass is 243 g/mol. The molecule has 2 N–H and O–H groups in total. The van der Waals surface area contributed by atoms with Gasteiger partial charge in [-0.15, -0.1) is 0 Å². The van der Waals surface area contributed by atoms with Gasteiger partial charge in [0, 0.05) is 19.8 Å². The second-order valence-corrected chi connectivity index (χ2v) is 6.16. The number of nitrogen functional groups attached to an aromatic ring is 1. The largest absolute Gasteiger partial charge is 0.397 e. The minimum Gasteiger partial charge on any atom is -0.397 e. The number of pyridine rings is 1. The van der Waals surface area contributed by atoms with Crippen LogP contribution in [0.2, 0.25) is 0 Å². The molecule has 1 rings (SSSR count). The van der Waals surface area contributed by atoms with E-state index in [1.54, 1.807) is 17.0 Å². The summed E-state index contributed by atoms with van der Waals surface area (Å²) in [6.45, 7) is 2.25. The van der Waals surface area contributed by atoms with Gasteiger partial charge >= 0.3 is 0 Å². The summed E-state index contributed by atoms with van der Waals surface area (Å²) in [6.07, 6.45) is 1.22. The summed E-state index contributed by atoms with van der Waals surface area (Å²) in [5, 5.41) is 0. The number of hydrogen-bond acceptors (Lipinski definition) is 5. The Hall–Kier alpha value is -1.30. The van der Waals surface area contributed by atoms with Crippen LogP contribution in [0.4, 0.5) is 11.5 Å². The van der Waals surface area contributed by atoms with Crippen LogP contribution in [0.25, 0.3) is 0 Å². The first-order valence-corrected chi connectivity index (χ1v) is 6.97. The highest BCUT2D eigenvalue weighted by Crippen LogP contribution is 2.14. The van der Waals surface area contributed by atoms with Crippen LogP contribution in [0.1, 0.15) is 5.69 Å². The first-order chi connectivity index (χ1) is 7.29. The molecule has 0 spiro atoms. The fourth-order valence-electron chi connectivity index (χ4n) is 1.19. The Balaban J connectivity index is 2.73. The highest BCUT2D eigenvalue weighted by atomic mass is 32.2. The Morgan fingerprint density at radius 1 is 1.44 bits per heavy atom. The molecule has 0 unspecified atom stereocenters. The first-order valence-electron chi connectivity index (χ1n) is 4.91. The molecule has 0 atom stereocenters. The fraction of sp³-hybridized carbons (Fsp3) is 0.500. The van der Waals surface area contributed by atoms with E-state index in [4.69, 9.17) is 5.73 Å². The van der Waals surface area contributed by atoms with Gasteiger partial charge in [-0.2, -0.15) is 0 Å². The summed E-state index contributed by atoms with van der Waals surface area (Å²) >= 11 is 0. The summed E-state index contributed by atoms with van der Waals surface area (Å²) in [5.41, 5.74) is 7.05. The molecule has 0 aliphatic carbocycles. The second kappa shape index (κ2) is 4.69. The van der Waals surface area contributed by atoms with E-state index in [9.17, 15) is 8.42 Å². The predicted octanol–water partition coefficient (Wildman–Crippen LogP) is 0.453. The average molecular weight is 243 g/mol. The van der Waals surface area contributed by atoms with Gasteiger partial charge in [-0.3, -0.25) is 0 Å². The maximum absolute atomic E-state index is 11.0. The number of rotatable bonds is 4. The predicted molar refractivity (Wildman–Crippen MR) is 66.4 cm³/mol. The zero-order chi connectivity index (χ0) is 12.3. The van der Waals surface area contributed by atoms with E-state index in [1.165, 1.54) is 6.26 Å². The van der Waals surface area contributed by atoms with Crippen molar-refractivity contribution in [3.63, 3.8) is 0 Å². The molecule has 16 heavy (non-hydrogen) atoms. The number of anilines is 2. The highest BCUT2D eigenvalue weighted by molar-refractivity contribution is 7.90. The van der Waals surface area contributed by atoms with Gasteiger partial charge < -0.3 is 10.6 Å². The number of sulfone groups is 1. The molecule has 0 saturated heterocycles. The van der Waals surface area contributed by atoms with Crippen LogP contribution in [0.15, 0.2) is 12.1 Å². The number of aryl methyl sites for hydroxylation is 1. The molecule has 0 bridgehead atoms. The highest BCUT2D eigenvalue weighted by Gasteiger charge is 2.08. The SMILES string of the molecule is Cc1nc(N(C)CCS(C)(=O)=O)ccc1N. The van der Waals surface area contributed by atoms with Gasteiger partial charge in [0.2, 0.25) is 0 Å². The van der Waals surface area contributed by atoms with Crippen molar-refractivity contribution in [1.29, 1.82) is 0 Å². The number of hydrogen-bond donors (Lipinski definition) is 1. The van der Waals surface area contributed by atoms with Crippen LogP contribution in [0.3, 0.4) is 0 Å². The molecule has 0 aliphatic heterocycles. The first kappa shape index (κ1) is 12.8. The topological polar surface area (TPSA) is 76.3 Å². The lowest BCUT2D eigenvalue weighted by Gasteiger charge is -2.18. The van der Waals surface area contributed by atoms with Crippen molar-refractivity contribution in [2.75, 3.05) is 36.2 Å².